The third-order valence-corrected chi connectivity index (χ3v) is 3.64. The first-order chi connectivity index (χ1) is 11.5. The van der Waals surface area contributed by atoms with Gasteiger partial charge in [0.05, 0.1) is 0 Å². The van der Waals surface area contributed by atoms with Crippen LogP contribution in [0.15, 0.2) is 45.9 Å². The van der Waals surface area contributed by atoms with Crippen molar-refractivity contribution in [3.8, 4) is 11.5 Å². The molecular weight excluding hydrogens is 308 g/mol. The minimum atomic E-state index is -0.396. The maximum atomic E-state index is 12.5. The Morgan fingerprint density at radius 1 is 1.21 bits per heavy atom. The second kappa shape index (κ2) is 6.66. The number of nitrogens with one attached hydrogen (secondary N) is 1. The SMILES string of the molecule is Cc1ccc(C(=O)NC(c2nc(-c3cocn3)no2)C(C)C)cc1. The molecule has 0 saturated heterocycles. The summed E-state index contributed by atoms with van der Waals surface area (Å²) in [6, 6.07) is 6.98. The fourth-order valence-electron chi connectivity index (χ4n) is 2.23. The van der Waals surface area contributed by atoms with E-state index in [1.165, 1.54) is 12.7 Å². The van der Waals surface area contributed by atoms with Crippen LogP contribution in [-0.2, 0) is 0 Å². The number of benzene rings is 1. The summed E-state index contributed by atoms with van der Waals surface area (Å²) in [6.45, 7) is 5.92. The van der Waals surface area contributed by atoms with Crippen LogP contribution in [0.1, 0.15) is 41.7 Å². The van der Waals surface area contributed by atoms with Crippen molar-refractivity contribution in [3.05, 3.63) is 53.9 Å². The van der Waals surface area contributed by atoms with Gasteiger partial charge in [0.25, 0.3) is 5.91 Å². The number of rotatable bonds is 5. The number of aryl methyl sites for hydroxylation is 1. The first-order valence-electron chi connectivity index (χ1n) is 7.64. The highest BCUT2D eigenvalue weighted by Gasteiger charge is 2.25. The van der Waals surface area contributed by atoms with E-state index in [1.807, 2.05) is 32.9 Å². The number of hydrogen-bond donors (Lipinski definition) is 1. The number of amides is 1. The zero-order valence-corrected chi connectivity index (χ0v) is 13.7. The normalized spacial score (nSPS) is 12.3. The second-order valence-corrected chi connectivity index (χ2v) is 5.89. The molecule has 7 heteroatoms. The van der Waals surface area contributed by atoms with E-state index in [0.29, 0.717) is 23.0 Å². The summed E-state index contributed by atoms with van der Waals surface area (Å²) in [4.78, 5) is 20.8. The molecule has 1 aromatic carbocycles. The smallest absolute Gasteiger partial charge is 0.251 e. The summed E-state index contributed by atoms with van der Waals surface area (Å²) < 4.78 is 10.2. The Morgan fingerprint density at radius 3 is 2.58 bits per heavy atom. The van der Waals surface area contributed by atoms with Crippen LogP contribution in [0.2, 0.25) is 0 Å². The lowest BCUT2D eigenvalue weighted by Crippen LogP contribution is -2.32. The van der Waals surface area contributed by atoms with Crippen LogP contribution in [0.3, 0.4) is 0 Å². The van der Waals surface area contributed by atoms with E-state index in [-0.39, 0.29) is 11.8 Å². The molecule has 124 valence electrons. The highest BCUT2D eigenvalue weighted by Crippen LogP contribution is 2.23. The fraction of sp³-hybridized carbons (Fsp3) is 0.294. The zero-order chi connectivity index (χ0) is 17.1. The summed E-state index contributed by atoms with van der Waals surface area (Å²) in [6.07, 6.45) is 2.73. The molecule has 0 radical (unpaired) electrons. The largest absolute Gasteiger partial charge is 0.451 e. The molecule has 3 aromatic rings. The molecule has 1 atom stereocenters. The van der Waals surface area contributed by atoms with Crippen LogP contribution in [0.4, 0.5) is 0 Å². The number of carbonyl (C=O) groups excluding carboxylic acids is 1. The molecule has 2 aromatic heterocycles. The van der Waals surface area contributed by atoms with Crippen molar-refractivity contribution in [1.82, 2.24) is 20.4 Å². The number of carbonyl (C=O) groups is 1. The van der Waals surface area contributed by atoms with Crippen molar-refractivity contribution in [1.29, 1.82) is 0 Å². The molecule has 0 aliphatic carbocycles. The van der Waals surface area contributed by atoms with Gasteiger partial charge in [0.2, 0.25) is 11.7 Å². The summed E-state index contributed by atoms with van der Waals surface area (Å²) in [5, 5.41) is 6.84. The first-order valence-corrected chi connectivity index (χ1v) is 7.64. The topological polar surface area (TPSA) is 94.1 Å². The minimum Gasteiger partial charge on any atom is -0.451 e. The monoisotopic (exact) mass is 326 g/mol. The van der Waals surface area contributed by atoms with Crippen LogP contribution < -0.4 is 5.32 Å². The molecule has 0 aliphatic rings. The molecule has 0 aliphatic heterocycles. The third-order valence-electron chi connectivity index (χ3n) is 3.64. The molecule has 7 nitrogen and oxygen atoms in total. The lowest BCUT2D eigenvalue weighted by Gasteiger charge is -2.18. The summed E-state index contributed by atoms with van der Waals surface area (Å²) in [5.74, 6) is 0.553. The molecule has 1 N–H and O–H groups in total. The van der Waals surface area contributed by atoms with Gasteiger partial charge in [0.15, 0.2) is 6.39 Å². The molecule has 0 bridgehead atoms. The standard InChI is InChI=1S/C17H18N4O3/c1-10(2)14(19-16(22)12-6-4-11(3)5-7-12)17-20-15(21-24-17)13-8-23-9-18-13/h4-10,14H,1-3H3,(H,19,22). The van der Waals surface area contributed by atoms with Gasteiger partial charge in [0.1, 0.15) is 18.0 Å². The average Bonchev–Trinajstić information content (AvgIpc) is 3.23. The van der Waals surface area contributed by atoms with Crippen LogP contribution in [0.5, 0.6) is 0 Å². The Balaban J connectivity index is 1.80. The van der Waals surface area contributed by atoms with E-state index in [2.05, 4.69) is 20.4 Å². The van der Waals surface area contributed by atoms with E-state index in [0.717, 1.165) is 5.56 Å². The van der Waals surface area contributed by atoms with Crippen molar-refractivity contribution in [2.75, 3.05) is 0 Å². The van der Waals surface area contributed by atoms with Crippen molar-refractivity contribution >= 4 is 5.91 Å². The molecule has 0 fully saturated rings. The number of oxazole rings is 1. The van der Waals surface area contributed by atoms with Gasteiger partial charge >= 0.3 is 0 Å². The van der Waals surface area contributed by atoms with Gasteiger partial charge in [0, 0.05) is 5.56 Å². The Bertz CT molecular complexity index is 807. The van der Waals surface area contributed by atoms with Gasteiger partial charge in [-0.05, 0) is 25.0 Å². The molecule has 1 unspecified atom stereocenters. The van der Waals surface area contributed by atoms with Gasteiger partial charge in [-0.15, -0.1) is 0 Å². The fourth-order valence-corrected chi connectivity index (χ4v) is 2.23. The second-order valence-electron chi connectivity index (χ2n) is 5.89. The third kappa shape index (κ3) is 3.34. The molecule has 24 heavy (non-hydrogen) atoms. The molecule has 0 saturated carbocycles. The lowest BCUT2D eigenvalue weighted by atomic mass is 10.0. The van der Waals surface area contributed by atoms with Gasteiger partial charge in [-0.3, -0.25) is 4.79 Å². The number of aromatic nitrogens is 3. The summed E-state index contributed by atoms with van der Waals surface area (Å²) >= 11 is 0. The van der Waals surface area contributed by atoms with Gasteiger partial charge in [-0.2, -0.15) is 4.98 Å². The van der Waals surface area contributed by atoms with Crippen LogP contribution in [0.25, 0.3) is 11.5 Å². The molecular formula is C17H18N4O3. The Hall–Kier alpha value is -2.96. The molecule has 3 rings (SSSR count). The summed E-state index contributed by atoms with van der Waals surface area (Å²) in [7, 11) is 0. The van der Waals surface area contributed by atoms with E-state index in [4.69, 9.17) is 8.94 Å². The van der Waals surface area contributed by atoms with E-state index >= 15 is 0 Å². The molecule has 0 spiro atoms. The van der Waals surface area contributed by atoms with Crippen molar-refractivity contribution in [2.45, 2.75) is 26.8 Å². The average molecular weight is 326 g/mol. The first kappa shape index (κ1) is 15.9. The van der Waals surface area contributed by atoms with E-state index < -0.39 is 6.04 Å². The molecule has 2 heterocycles. The minimum absolute atomic E-state index is 0.0741. The van der Waals surface area contributed by atoms with Crippen LogP contribution in [0, 0.1) is 12.8 Å². The number of hydrogen-bond acceptors (Lipinski definition) is 6. The molecule has 1 amide bonds. The summed E-state index contributed by atoms with van der Waals surface area (Å²) in [5.41, 5.74) is 2.17. The predicted octanol–water partition coefficient (Wildman–Crippen LogP) is 3.16. The maximum Gasteiger partial charge on any atom is 0.251 e. The van der Waals surface area contributed by atoms with Crippen LogP contribution in [-0.4, -0.2) is 21.0 Å². The Kier molecular flexibility index (Phi) is 4.41. The maximum absolute atomic E-state index is 12.5. The Morgan fingerprint density at radius 2 is 1.96 bits per heavy atom. The predicted molar refractivity (Wildman–Crippen MR) is 86.0 cm³/mol. The van der Waals surface area contributed by atoms with Crippen molar-refractivity contribution in [2.24, 2.45) is 5.92 Å². The lowest BCUT2D eigenvalue weighted by molar-refractivity contribution is 0.0914. The highest BCUT2D eigenvalue weighted by atomic mass is 16.5. The van der Waals surface area contributed by atoms with Crippen molar-refractivity contribution in [3.63, 3.8) is 0 Å². The zero-order valence-electron chi connectivity index (χ0n) is 13.7. The van der Waals surface area contributed by atoms with E-state index in [1.54, 1.807) is 12.1 Å². The highest BCUT2D eigenvalue weighted by molar-refractivity contribution is 5.94. The van der Waals surface area contributed by atoms with Gasteiger partial charge in [-0.25, -0.2) is 4.98 Å². The van der Waals surface area contributed by atoms with E-state index in [9.17, 15) is 4.79 Å². The number of nitrogens with zero attached hydrogens (tertiary/aromatic N) is 3. The van der Waals surface area contributed by atoms with Crippen molar-refractivity contribution < 1.29 is 13.7 Å². The Labute approximate surface area is 139 Å². The van der Waals surface area contributed by atoms with Gasteiger partial charge in [-0.1, -0.05) is 36.7 Å². The van der Waals surface area contributed by atoms with Crippen LogP contribution >= 0.6 is 0 Å². The quantitative estimate of drug-likeness (QED) is 0.774. The van der Waals surface area contributed by atoms with Gasteiger partial charge < -0.3 is 14.3 Å².